The van der Waals surface area contributed by atoms with Gasteiger partial charge in [-0.2, -0.15) is 0 Å². The fourth-order valence-electron chi connectivity index (χ4n) is 13.5. The minimum atomic E-state index is -0.794. The average Bonchev–Trinajstić information content (AvgIpc) is 4.05. The Morgan fingerprint density at radius 3 is 2.23 bits per heavy atom. The van der Waals surface area contributed by atoms with Gasteiger partial charge >= 0.3 is 0 Å². The number of carbonyl (C=O) groups is 5. The Labute approximate surface area is 427 Å². The lowest BCUT2D eigenvalue weighted by Crippen LogP contribution is -2.59. The number of pyridine rings is 1. The standard InChI is InChI=1S/C57H71FN10O5/c1-35(2)67-34-59-47-32-46(61-51(50(47)67)60-40-9-10-40)38-8-14-45-48(29-38)68(43-30-42(31-43)66-22-4-5-39(58)33-66)55(73)57(45)20-27-65(28-21-57)54(72)56(3)18-25-64(26-19-56)53(71)37-16-23-63(24-17-37)41-11-6-36(7-12-41)44-13-15-49(69)62-52(44)70/h6-8,11-12,14,29,32,34-35,37,39-40,42-44H,4-5,9-10,13,15-28,30-31,33H2,1-3H3,(H,60,61)(H,62,69,70)/t39-,42?,43?,44+/m0/s1. The van der Waals surface area contributed by atoms with Crippen LogP contribution in [0.1, 0.15) is 134 Å². The number of aromatic nitrogens is 3. The molecule has 12 rings (SSSR count). The number of anilines is 3. The summed E-state index contributed by atoms with van der Waals surface area (Å²) in [5, 5.41) is 6.13. The number of halogens is 1. The lowest BCUT2D eigenvalue weighted by molar-refractivity contribution is -0.150. The van der Waals surface area contributed by atoms with Crippen molar-refractivity contribution in [3.05, 3.63) is 66.0 Å². The number of benzene rings is 2. The van der Waals surface area contributed by atoms with Crippen LogP contribution >= 0.6 is 0 Å². The van der Waals surface area contributed by atoms with Gasteiger partial charge in [0.25, 0.3) is 0 Å². The highest BCUT2D eigenvalue weighted by Crippen LogP contribution is 2.53. The smallest absolute Gasteiger partial charge is 0.238 e. The molecule has 0 bridgehead atoms. The maximum absolute atomic E-state index is 15.3. The molecule has 0 unspecified atom stereocenters. The molecule has 73 heavy (non-hydrogen) atoms. The van der Waals surface area contributed by atoms with E-state index in [1.807, 2.05) is 40.4 Å². The van der Waals surface area contributed by atoms with Crippen LogP contribution in [0.3, 0.4) is 0 Å². The minimum absolute atomic E-state index is 0.0139. The predicted molar refractivity (Wildman–Crippen MR) is 278 cm³/mol. The number of imidazole rings is 1. The molecule has 5 amide bonds. The highest BCUT2D eigenvalue weighted by molar-refractivity contribution is 6.09. The number of piperidine rings is 5. The SMILES string of the molecule is CC(C)n1cnc2cc(-c3ccc4c(c3)N(C3CC(N5CCC[C@H](F)C5)C3)C(=O)C43CCN(C(=O)C4(C)CCN(C(=O)C5CCN(c6ccc([C@H]7CCC(=O)NC7=O)cc6)CC5)CC4)CC3)nc(NC3CC3)c21. The molecular formula is C57H71FN10O5. The topological polar surface area (TPSA) is 156 Å². The Bertz CT molecular complexity index is 2810. The second-order valence-electron chi connectivity index (χ2n) is 23.4. The highest BCUT2D eigenvalue weighted by atomic mass is 19.1. The summed E-state index contributed by atoms with van der Waals surface area (Å²) in [4.78, 5) is 88.6. The van der Waals surface area contributed by atoms with Crippen molar-refractivity contribution in [1.82, 2.24) is 34.6 Å². The number of imide groups is 1. The molecule has 7 fully saturated rings. The first-order valence-corrected chi connectivity index (χ1v) is 27.5. The van der Waals surface area contributed by atoms with Crippen LogP contribution in [-0.4, -0.2) is 135 Å². The van der Waals surface area contributed by atoms with Gasteiger partial charge in [0.1, 0.15) is 11.7 Å². The van der Waals surface area contributed by atoms with Crippen molar-refractivity contribution < 1.29 is 28.4 Å². The van der Waals surface area contributed by atoms with Crippen LogP contribution in [0, 0.1) is 11.3 Å². The van der Waals surface area contributed by atoms with E-state index in [0.29, 0.717) is 83.7 Å². The van der Waals surface area contributed by atoms with E-state index >= 15 is 4.79 Å². The van der Waals surface area contributed by atoms with E-state index < -0.39 is 17.0 Å². The molecule has 0 radical (unpaired) electrons. The van der Waals surface area contributed by atoms with Gasteiger partial charge in [-0.25, -0.2) is 14.4 Å². The number of hydrogen-bond donors (Lipinski definition) is 2. The molecule has 2 N–H and O–H groups in total. The van der Waals surface area contributed by atoms with Crippen molar-refractivity contribution in [3.8, 4) is 11.3 Å². The van der Waals surface area contributed by atoms with Crippen LogP contribution in [-0.2, 0) is 29.4 Å². The molecule has 8 aliphatic rings. The first-order valence-electron chi connectivity index (χ1n) is 27.5. The monoisotopic (exact) mass is 995 g/mol. The van der Waals surface area contributed by atoms with Crippen LogP contribution < -0.4 is 20.4 Å². The molecular weight excluding hydrogens is 924 g/mol. The zero-order valence-electron chi connectivity index (χ0n) is 42.8. The number of alkyl halides is 1. The zero-order chi connectivity index (χ0) is 50.3. The fourth-order valence-corrected chi connectivity index (χ4v) is 13.5. The maximum atomic E-state index is 15.3. The molecule has 4 aromatic rings. The van der Waals surface area contributed by atoms with Crippen molar-refractivity contribution in [1.29, 1.82) is 0 Å². The number of likely N-dealkylation sites (tertiary alicyclic amines) is 3. The Morgan fingerprint density at radius 2 is 1.55 bits per heavy atom. The van der Waals surface area contributed by atoms with Crippen LogP contribution in [0.4, 0.5) is 21.6 Å². The van der Waals surface area contributed by atoms with Crippen molar-refractivity contribution in [2.75, 3.05) is 67.5 Å². The highest BCUT2D eigenvalue weighted by Gasteiger charge is 2.57. The Balaban J connectivity index is 0.708. The molecule has 16 heteroatoms. The second-order valence-corrected chi connectivity index (χ2v) is 23.4. The van der Waals surface area contributed by atoms with E-state index in [2.05, 4.69) is 74.9 Å². The summed E-state index contributed by atoms with van der Waals surface area (Å²) in [5.41, 5.74) is 6.25. The molecule has 2 aromatic heterocycles. The van der Waals surface area contributed by atoms with E-state index in [1.165, 1.54) is 0 Å². The van der Waals surface area contributed by atoms with Gasteiger partial charge in [-0.1, -0.05) is 31.2 Å². The van der Waals surface area contributed by atoms with Crippen LogP contribution in [0.5, 0.6) is 0 Å². The molecule has 2 atom stereocenters. The molecule has 8 heterocycles. The maximum Gasteiger partial charge on any atom is 0.238 e. The van der Waals surface area contributed by atoms with Crippen LogP contribution in [0.15, 0.2) is 54.9 Å². The molecule has 2 aromatic carbocycles. The summed E-state index contributed by atoms with van der Waals surface area (Å²) in [6.07, 6.45) is 11.1. The van der Waals surface area contributed by atoms with Gasteiger partial charge in [0.15, 0.2) is 5.82 Å². The minimum Gasteiger partial charge on any atom is -0.371 e. The van der Waals surface area contributed by atoms with Crippen LogP contribution in [0.2, 0.25) is 0 Å². The van der Waals surface area contributed by atoms with E-state index in [1.54, 1.807) is 0 Å². The van der Waals surface area contributed by atoms with Gasteiger partial charge in [-0.3, -0.25) is 34.2 Å². The Morgan fingerprint density at radius 1 is 0.822 bits per heavy atom. The van der Waals surface area contributed by atoms with Crippen molar-refractivity contribution in [2.24, 2.45) is 11.3 Å². The second kappa shape index (κ2) is 18.8. The number of carbonyl (C=O) groups excluding carboxylic acids is 5. The molecule has 2 saturated carbocycles. The van der Waals surface area contributed by atoms with E-state index in [-0.39, 0.29) is 59.5 Å². The zero-order valence-corrected chi connectivity index (χ0v) is 42.8. The average molecular weight is 995 g/mol. The Hall–Kier alpha value is -5.90. The lowest BCUT2D eigenvalue weighted by atomic mass is 9.72. The molecule has 5 saturated heterocycles. The number of rotatable bonds is 10. The van der Waals surface area contributed by atoms with Gasteiger partial charge in [0, 0.05) is 105 Å². The summed E-state index contributed by atoms with van der Waals surface area (Å²) in [5.74, 6) is 0.448. The third-order valence-corrected chi connectivity index (χ3v) is 18.4. The first kappa shape index (κ1) is 48.1. The number of hydrogen-bond acceptors (Lipinski definition) is 10. The van der Waals surface area contributed by atoms with Gasteiger partial charge in [0.05, 0.1) is 28.9 Å². The number of nitrogens with zero attached hydrogens (tertiary/aromatic N) is 8. The Kier molecular flexibility index (Phi) is 12.4. The van der Waals surface area contributed by atoms with Gasteiger partial charge in [-0.15, -0.1) is 0 Å². The van der Waals surface area contributed by atoms with Crippen LogP contribution in [0.25, 0.3) is 22.3 Å². The molecule has 2 aliphatic carbocycles. The van der Waals surface area contributed by atoms with Crippen molar-refractivity contribution >= 4 is 57.8 Å². The number of fused-ring (bicyclic) bond motifs is 3. The van der Waals surface area contributed by atoms with Gasteiger partial charge in [0.2, 0.25) is 29.5 Å². The number of nitrogens with one attached hydrogen (secondary N) is 2. The normalized spacial score (nSPS) is 26.6. The van der Waals surface area contributed by atoms with Crippen molar-refractivity contribution in [2.45, 2.75) is 152 Å². The van der Waals surface area contributed by atoms with Gasteiger partial charge < -0.3 is 29.5 Å². The van der Waals surface area contributed by atoms with E-state index in [4.69, 9.17) is 9.97 Å². The summed E-state index contributed by atoms with van der Waals surface area (Å²) >= 11 is 0. The molecule has 386 valence electrons. The molecule has 15 nitrogen and oxygen atoms in total. The lowest BCUT2D eigenvalue weighted by Gasteiger charge is -2.49. The summed E-state index contributed by atoms with van der Waals surface area (Å²) in [6.45, 7) is 11.4. The van der Waals surface area contributed by atoms with E-state index in [0.717, 1.165) is 115 Å². The fraction of sp³-hybridized carbons (Fsp3) is 0.596. The summed E-state index contributed by atoms with van der Waals surface area (Å²) in [6, 6.07) is 17.5. The number of amides is 5. The largest absolute Gasteiger partial charge is 0.371 e. The third kappa shape index (κ3) is 8.76. The van der Waals surface area contributed by atoms with Crippen molar-refractivity contribution in [3.63, 3.8) is 0 Å². The molecule has 1 spiro atoms. The third-order valence-electron chi connectivity index (χ3n) is 18.4. The predicted octanol–water partition coefficient (Wildman–Crippen LogP) is 7.49. The van der Waals surface area contributed by atoms with E-state index in [9.17, 15) is 23.6 Å². The summed E-state index contributed by atoms with van der Waals surface area (Å²) < 4.78 is 16.8. The summed E-state index contributed by atoms with van der Waals surface area (Å²) in [7, 11) is 0. The first-order chi connectivity index (χ1) is 35.2. The van der Waals surface area contributed by atoms with Gasteiger partial charge in [-0.05, 0) is 139 Å². The quantitative estimate of drug-likeness (QED) is 0.153. The molecule has 6 aliphatic heterocycles.